The van der Waals surface area contributed by atoms with Gasteiger partial charge in [0.25, 0.3) is 0 Å². The fourth-order valence-electron chi connectivity index (χ4n) is 2.24. The molecule has 10 nitrogen and oxygen atoms in total. The Bertz CT molecular complexity index is 848. The molecule has 1 N–H and O–H groups in total. The summed E-state index contributed by atoms with van der Waals surface area (Å²) in [5.74, 6) is -3.44. The Morgan fingerprint density at radius 3 is 1.73 bits per heavy atom. The van der Waals surface area contributed by atoms with Gasteiger partial charge in [0, 0.05) is 24.4 Å². The molecule has 1 atom stereocenters. The van der Waals surface area contributed by atoms with Gasteiger partial charge in [0.1, 0.15) is 37.9 Å². The van der Waals surface area contributed by atoms with Gasteiger partial charge < -0.3 is 24.1 Å². The van der Waals surface area contributed by atoms with E-state index < -0.39 is 61.8 Å². The molecule has 176 valence electrons. The van der Waals surface area contributed by atoms with Gasteiger partial charge in [0.15, 0.2) is 0 Å². The number of carbonyl (C=O) groups excluding carboxylic acids is 4. The van der Waals surface area contributed by atoms with Gasteiger partial charge in [-0.15, -0.1) is 0 Å². The number of ether oxygens (including phenoxy) is 4. The van der Waals surface area contributed by atoms with Crippen LogP contribution in [0.3, 0.4) is 0 Å². The Balaban J connectivity index is 3.06. The van der Waals surface area contributed by atoms with Gasteiger partial charge in [-0.3, -0.25) is 4.98 Å². The molecule has 1 aromatic rings. The molecule has 0 spiro atoms. The minimum atomic E-state index is -1.50. The molecule has 1 rings (SSSR count). The van der Waals surface area contributed by atoms with E-state index in [1.165, 1.54) is 12.3 Å². The summed E-state index contributed by atoms with van der Waals surface area (Å²) in [6, 6.07) is 4.74. The first-order valence-corrected chi connectivity index (χ1v) is 9.50. The maximum atomic E-state index is 12.5. The van der Waals surface area contributed by atoms with Gasteiger partial charge in [-0.25, -0.2) is 19.2 Å². The van der Waals surface area contributed by atoms with E-state index in [9.17, 15) is 24.3 Å². The summed E-state index contributed by atoms with van der Waals surface area (Å²) >= 11 is 0. The number of aromatic nitrogens is 1. The van der Waals surface area contributed by atoms with Crippen LogP contribution in [0.25, 0.3) is 0 Å². The highest BCUT2D eigenvalue weighted by molar-refractivity contribution is 5.89. The summed E-state index contributed by atoms with van der Waals surface area (Å²) in [6.07, 6.45) is 2.68. The lowest BCUT2D eigenvalue weighted by Gasteiger charge is -2.31. The predicted molar refractivity (Wildman–Crippen MR) is 115 cm³/mol. The zero-order valence-corrected chi connectivity index (χ0v) is 17.9. The third kappa shape index (κ3) is 8.91. The van der Waals surface area contributed by atoms with Gasteiger partial charge in [-0.1, -0.05) is 32.4 Å². The highest BCUT2D eigenvalue weighted by atomic mass is 16.6. The van der Waals surface area contributed by atoms with E-state index in [1.54, 1.807) is 12.1 Å². The maximum Gasteiger partial charge on any atom is 0.336 e. The number of rotatable bonds is 14. The van der Waals surface area contributed by atoms with Crippen molar-refractivity contribution in [2.45, 2.75) is 6.10 Å². The molecule has 0 aliphatic heterocycles. The number of nitrogens with zero attached hydrogens (tertiary/aromatic N) is 1. The molecule has 0 radical (unpaired) electrons. The van der Waals surface area contributed by atoms with Crippen LogP contribution in [0.15, 0.2) is 74.5 Å². The third-order valence-corrected chi connectivity index (χ3v) is 4.13. The molecule has 0 bridgehead atoms. The van der Waals surface area contributed by atoms with Crippen LogP contribution < -0.4 is 0 Å². The number of pyridine rings is 1. The number of aliphatic hydroxyl groups excluding tert-OH is 1. The minimum Gasteiger partial charge on any atom is -0.462 e. The molecule has 1 aromatic heterocycles. The van der Waals surface area contributed by atoms with Crippen LogP contribution in [-0.2, 0) is 38.1 Å². The van der Waals surface area contributed by atoms with Gasteiger partial charge in [0.05, 0.1) is 11.3 Å². The maximum absolute atomic E-state index is 12.5. The molecule has 0 saturated heterocycles. The second-order valence-electron chi connectivity index (χ2n) is 6.69. The van der Waals surface area contributed by atoms with Crippen LogP contribution in [0.5, 0.6) is 0 Å². The zero-order valence-electron chi connectivity index (χ0n) is 17.9. The highest BCUT2D eigenvalue weighted by Crippen LogP contribution is 2.24. The van der Waals surface area contributed by atoms with Crippen LogP contribution in [0, 0.1) is 5.41 Å². The zero-order chi connectivity index (χ0) is 24.9. The number of aliphatic hydroxyl groups is 1. The van der Waals surface area contributed by atoms with E-state index in [2.05, 4.69) is 31.3 Å². The van der Waals surface area contributed by atoms with Gasteiger partial charge >= 0.3 is 23.9 Å². The predicted octanol–water partition coefficient (Wildman–Crippen LogP) is 1.39. The Kier molecular flexibility index (Phi) is 10.9. The Morgan fingerprint density at radius 1 is 0.879 bits per heavy atom. The van der Waals surface area contributed by atoms with Crippen molar-refractivity contribution in [3.63, 3.8) is 0 Å². The van der Waals surface area contributed by atoms with Gasteiger partial charge in [-0.05, 0) is 12.1 Å². The highest BCUT2D eigenvalue weighted by Gasteiger charge is 2.38. The number of carbonyl (C=O) groups is 4. The molecule has 1 heterocycles. The van der Waals surface area contributed by atoms with Crippen LogP contribution in [-0.4, -0.2) is 60.4 Å². The van der Waals surface area contributed by atoms with Crippen molar-refractivity contribution in [3.05, 3.63) is 80.2 Å². The average Bonchev–Trinajstić information content (AvgIpc) is 2.86. The topological polar surface area (TPSA) is 138 Å². The summed E-state index contributed by atoms with van der Waals surface area (Å²) < 4.78 is 20.3. The van der Waals surface area contributed by atoms with Crippen molar-refractivity contribution < 1.29 is 43.2 Å². The van der Waals surface area contributed by atoms with Crippen molar-refractivity contribution in [2.24, 2.45) is 5.41 Å². The first-order chi connectivity index (χ1) is 15.7. The second kappa shape index (κ2) is 13.4. The summed E-state index contributed by atoms with van der Waals surface area (Å²) in [5, 5.41) is 10.3. The van der Waals surface area contributed by atoms with Crippen LogP contribution in [0.1, 0.15) is 11.8 Å². The summed E-state index contributed by atoms with van der Waals surface area (Å²) in [6.45, 7) is 11.4. The second-order valence-corrected chi connectivity index (χ2v) is 6.69. The lowest BCUT2D eigenvalue weighted by molar-refractivity contribution is -0.164. The average molecular weight is 459 g/mol. The Morgan fingerprint density at radius 2 is 1.33 bits per heavy atom. The molecule has 0 aromatic carbocycles. The molecule has 0 aliphatic rings. The number of hydrogen-bond donors (Lipinski definition) is 1. The first kappa shape index (κ1) is 27.0. The quantitative estimate of drug-likeness (QED) is 0.247. The smallest absolute Gasteiger partial charge is 0.336 e. The van der Waals surface area contributed by atoms with E-state index >= 15 is 0 Å². The molecular formula is C23H25NO9. The van der Waals surface area contributed by atoms with Crippen molar-refractivity contribution in [1.82, 2.24) is 4.98 Å². The summed E-state index contributed by atoms with van der Waals surface area (Å²) in [4.78, 5) is 51.2. The normalized spacial score (nSPS) is 11.3. The van der Waals surface area contributed by atoms with Crippen molar-refractivity contribution in [2.75, 3.05) is 26.4 Å². The first-order valence-electron chi connectivity index (χ1n) is 9.50. The molecule has 1 unspecified atom stereocenters. The Hall–Kier alpha value is -4.05. The molecule has 0 amide bonds. The van der Waals surface area contributed by atoms with Gasteiger partial charge in [0.2, 0.25) is 0 Å². The molecular weight excluding hydrogens is 434 g/mol. The molecule has 33 heavy (non-hydrogen) atoms. The molecule has 10 heteroatoms. The van der Waals surface area contributed by atoms with Crippen molar-refractivity contribution in [3.8, 4) is 0 Å². The van der Waals surface area contributed by atoms with E-state index in [-0.39, 0.29) is 11.3 Å². The fraction of sp³-hybridized carbons (Fsp3) is 0.261. The van der Waals surface area contributed by atoms with Crippen LogP contribution in [0.4, 0.5) is 0 Å². The van der Waals surface area contributed by atoms with Crippen molar-refractivity contribution in [1.29, 1.82) is 0 Å². The van der Waals surface area contributed by atoms with Gasteiger partial charge in [-0.2, -0.15) is 0 Å². The third-order valence-electron chi connectivity index (χ3n) is 4.13. The van der Waals surface area contributed by atoms with E-state index in [0.29, 0.717) is 0 Å². The van der Waals surface area contributed by atoms with E-state index in [4.69, 9.17) is 18.9 Å². The Labute approximate surface area is 190 Å². The summed E-state index contributed by atoms with van der Waals surface area (Å²) in [7, 11) is 0. The lowest BCUT2D eigenvalue weighted by Crippen LogP contribution is -2.43. The lowest BCUT2D eigenvalue weighted by atomic mass is 9.92. The fourth-order valence-corrected chi connectivity index (χ4v) is 2.24. The number of esters is 4. The monoisotopic (exact) mass is 459 g/mol. The van der Waals surface area contributed by atoms with E-state index in [1.807, 2.05) is 0 Å². The minimum absolute atomic E-state index is 0.172. The van der Waals surface area contributed by atoms with Crippen LogP contribution >= 0.6 is 0 Å². The summed E-state index contributed by atoms with van der Waals surface area (Å²) in [5.41, 5.74) is -1.65. The molecule has 0 fully saturated rings. The largest absolute Gasteiger partial charge is 0.462 e. The van der Waals surface area contributed by atoms with E-state index in [0.717, 1.165) is 18.2 Å². The SMILES string of the molecule is C=CC(=O)OCC(COC(=O)C=C)(COC(=O)C=C)COC(=O)C(=C)C(O)c1ccccn1. The van der Waals surface area contributed by atoms with Crippen molar-refractivity contribution >= 4 is 23.9 Å². The molecule has 0 aliphatic carbocycles. The standard InChI is InChI=1S/C23H25NO9/c1-5-18(25)30-12-23(13-31-19(26)6-2,14-32-20(27)7-3)15-33-22(29)16(4)21(28)17-10-8-9-11-24-17/h5-11,21,28H,1-4,12-15H2. The van der Waals surface area contributed by atoms with Crippen LogP contribution in [0.2, 0.25) is 0 Å². The molecule has 0 saturated carbocycles. The number of hydrogen-bond acceptors (Lipinski definition) is 10.